The summed E-state index contributed by atoms with van der Waals surface area (Å²) in [5.74, 6) is 1.46. The van der Waals surface area contributed by atoms with Crippen LogP contribution in [0.1, 0.15) is 44.7 Å². The highest BCUT2D eigenvalue weighted by Gasteiger charge is 2.07. The van der Waals surface area contributed by atoms with E-state index in [2.05, 4.69) is 32.9 Å². The molecule has 0 aliphatic rings. The molecule has 0 fully saturated rings. The van der Waals surface area contributed by atoms with Crippen molar-refractivity contribution in [3.8, 4) is 5.75 Å². The van der Waals surface area contributed by atoms with Crippen LogP contribution in [0.5, 0.6) is 5.75 Å². The molecular formula is C14H22O2. The Kier molecular flexibility index (Phi) is 4.81. The number of benzene rings is 1. The van der Waals surface area contributed by atoms with Gasteiger partial charge < -0.3 is 9.47 Å². The van der Waals surface area contributed by atoms with Crippen LogP contribution in [-0.2, 0) is 4.74 Å². The van der Waals surface area contributed by atoms with Crippen LogP contribution in [0.15, 0.2) is 18.2 Å². The molecule has 0 N–H and O–H groups in total. The van der Waals surface area contributed by atoms with Crippen LogP contribution in [0.2, 0.25) is 0 Å². The lowest BCUT2D eigenvalue weighted by Crippen LogP contribution is -2.16. The zero-order chi connectivity index (χ0) is 12.1. The van der Waals surface area contributed by atoms with Crippen LogP contribution >= 0.6 is 0 Å². The summed E-state index contributed by atoms with van der Waals surface area (Å²) in [4.78, 5) is 0. The van der Waals surface area contributed by atoms with E-state index in [1.54, 1.807) is 0 Å². The molecular weight excluding hydrogens is 200 g/mol. The second-order valence-corrected chi connectivity index (χ2v) is 4.32. The van der Waals surface area contributed by atoms with Crippen molar-refractivity contribution in [2.75, 3.05) is 6.61 Å². The highest BCUT2D eigenvalue weighted by Crippen LogP contribution is 2.24. The monoisotopic (exact) mass is 222 g/mol. The third kappa shape index (κ3) is 3.53. The van der Waals surface area contributed by atoms with Crippen LogP contribution in [0.4, 0.5) is 0 Å². The summed E-state index contributed by atoms with van der Waals surface area (Å²) in [6.07, 6.45) is -0.186. The standard InChI is InChI=1S/C14H22O2/c1-6-15-12(5)16-14-8-7-13(10(2)3)9-11(14)4/h7-10,12H,6H2,1-5H3. The number of aryl methyl sites for hydroxylation is 1. The molecule has 0 heterocycles. The number of ether oxygens (including phenoxy) is 2. The molecule has 1 aromatic carbocycles. The van der Waals surface area contributed by atoms with Gasteiger partial charge in [-0.3, -0.25) is 0 Å². The second-order valence-electron chi connectivity index (χ2n) is 4.32. The van der Waals surface area contributed by atoms with E-state index >= 15 is 0 Å². The van der Waals surface area contributed by atoms with Gasteiger partial charge in [-0.1, -0.05) is 26.0 Å². The van der Waals surface area contributed by atoms with Crippen molar-refractivity contribution in [1.29, 1.82) is 0 Å². The molecule has 1 unspecified atom stereocenters. The normalized spacial score (nSPS) is 12.9. The fraction of sp³-hybridized carbons (Fsp3) is 0.571. The first kappa shape index (κ1) is 13.0. The Balaban J connectivity index is 2.75. The number of hydrogen-bond acceptors (Lipinski definition) is 2. The molecule has 1 aromatic rings. The maximum atomic E-state index is 5.70. The smallest absolute Gasteiger partial charge is 0.196 e. The van der Waals surface area contributed by atoms with E-state index in [0.717, 1.165) is 11.3 Å². The summed E-state index contributed by atoms with van der Waals surface area (Å²) >= 11 is 0. The molecule has 0 spiro atoms. The van der Waals surface area contributed by atoms with Gasteiger partial charge in [0.25, 0.3) is 0 Å². The van der Waals surface area contributed by atoms with Crippen molar-refractivity contribution in [2.45, 2.75) is 46.8 Å². The highest BCUT2D eigenvalue weighted by atomic mass is 16.7. The van der Waals surface area contributed by atoms with Gasteiger partial charge in [0.1, 0.15) is 5.75 Å². The van der Waals surface area contributed by atoms with Crippen molar-refractivity contribution < 1.29 is 9.47 Å². The molecule has 0 aromatic heterocycles. The predicted octanol–water partition coefficient (Wildman–Crippen LogP) is 3.88. The lowest BCUT2D eigenvalue weighted by atomic mass is 10.0. The Morgan fingerprint density at radius 2 is 1.88 bits per heavy atom. The first-order valence-corrected chi connectivity index (χ1v) is 5.93. The average molecular weight is 222 g/mol. The van der Waals surface area contributed by atoms with Crippen molar-refractivity contribution in [1.82, 2.24) is 0 Å². The molecule has 0 amide bonds. The van der Waals surface area contributed by atoms with Gasteiger partial charge in [0.2, 0.25) is 0 Å². The Morgan fingerprint density at radius 1 is 1.19 bits per heavy atom. The van der Waals surface area contributed by atoms with Gasteiger partial charge in [0.15, 0.2) is 6.29 Å². The maximum Gasteiger partial charge on any atom is 0.196 e. The first-order valence-electron chi connectivity index (χ1n) is 5.93. The predicted molar refractivity (Wildman–Crippen MR) is 67.0 cm³/mol. The molecule has 2 heteroatoms. The Hall–Kier alpha value is -1.02. The van der Waals surface area contributed by atoms with E-state index in [-0.39, 0.29) is 6.29 Å². The molecule has 1 rings (SSSR count). The minimum absolute atomic E-state index is 0.186. The van der Waals surface area contributed by atoms with Crippen LogP contribution < -0.4 is 4.74 Å². The fourth-order valence-electron chi connectivity index (χ4n) is 1.61. The Morgan fingerprint density at radius 3 is 2.38 bits per heavy atom. The molecule has 0 saturated heterocycles. The van der Waals surface area contributed by atoms with Gasteiger partial charge in [-0.15, -0.1) is 0 Å². The minimum atomic E-state index is -0.186. The zero-order valence-corrected chi connectivity index (χ0v) is 10.9. The first-order chi connectivity index (χ1) is 7.54. The summed E-state index contributed by atoms with van der Waals surface area (Å²) in [5.41, 5.74) is 2.51. The van der Waals surface area contributed by atoms with Crippen molar-refractivity contribution in [3.63, 3.8) is 0 Å². The van der Waals surface area contributed by atoms with Crippen molar-refractivity contribution >= 4 is 0 Å². The summed E-state index contributed by atoms with van der Waals surface area (Å²) in [7, 11) is 0. The molecule has 0 bridgehead atoms. The van der Waals surface area contributed by atoms with Crippen molar-refractivity contribution in [3.05, 3.63) is 29.3 Å². The molecule has 1 atom stereocenters. The zero-order valence-electron chi connectivity index (χ0n) is 10.9. The van der Waals surface area contributed by atoms with E-state index in [0.29, 0.717) is 12.5 Å². The Bertz CT molecular complexity index is 332. The molecule has 2 nitrogen and oxygen atoms in total. The largest absolute Gasteiger partial charge is 0.465 e. The molecule has 16 heavy (non-hydrogen) atoms. The van der Waals surface area contributed by atoms with E-state index in [1.165, 1.54) is 5.56 Å². The minimum Gasteiger partial charge on any atom is -0.465 e. The van der Waals surface area contributed by atoms with Gasteiger partial charge in [-0.2, -0.15) is 0 Å². The third-order valence-electron chi connectivity index (χ3n) is 2.56. The summed E-state index contributed by atoms with van der Waals surface area (Å²) < 4.78 is 11.1. The summed E-state index contributed by atoms with van der Waals surface area (Å²) in [5, 5.41) is 0. The SMILES string of the molecule is CCOC(C)Oc1ccc(C(C)C)cc1C. The van der Waals surface area contributed by atoms with Gasteiger partial charge >= 0.3 is 0 Å². The van der Waals surface area contributed by atoms with Gasteiger partial charge in [-0.05, 0) is 43.9 Å². The molecule has 90 valence electrons. The topological polar surface area (TPSA) is 18.5 Å². The van der Waals surface area contributed by atoms with Crippen LogP contribution in [0.25, 0.3) is 0 Å². The molecule has 0 saturated carbocycles. The van der Waals surface area contributed by atoms with Gasteiger partial charge in [0.05, 0.1) is 0 Å². The van der Waals surface area contributed by atoms with Crippen LogP contribution in [0.3, 0.4) is 0 Å². The van der Waals surface area contributed by atoms with E-state index in [9.17, 15) is 0 Å². The second kappa shape index (κ2) is 5.90. The quantitative estimate of drug-likeness (QED) is 0.704. The van der Waals surface area contributed by atoms with E-state index in [1.807, 2.05) is 19.9 Å². The maximum absolute atomic E-state index is 5.70. The number of hydrogen-bond donors (Lipinski definition) is 0. The molecule has 0 aliphatic carbocycles. The average Bonchev–Trinajstić information content (AvgIpc) is 2.21. The summed E-state index contributed by atoms with van der Waals surface area (Å²) in [6.45, 7) is 11.0. The van der Waals surface area contributed by atoms with E-state index in [4.69, 9.17) is 9.47 Å². The van der Waals surface area contributed by atoms with E-state index < -0.39 is 0 Å². The number of rotatable bonds is 5. The third-order valence-corrected chi connectivity index (χ3v) is 2.56. The van der Waals surface area contributed by atoms with Crippen molar-refractivity contribution in [2.24, 2.45) is 0 Å². The Labute approximate surface area is 98.6 Å². The lowest BCUT2D eigenvalue weighted by molar-refractivity contribution is -0.0616. The highest BCUT2D eigenvalue weighted by molar-refractivity contribution is 5.37. The summed E-state index contributed by atoms with van der Waals surface area (Å²) in [6, 6.07) is 6.32. The van der Waals surface area contributed by atoms with Gasteiger partial charge in [0, 0.05) is 6.61 Å². The lowest BCUT2D eigenvalue weighted by Gasteiger charge is -2.17. The van der Waals surface area contributed by atoms with Gasteiger partial charge in [-0.25, -0.2) is 0 Å². The van der Waals surface area contributed by atoms with Crippen LogP contribution in [0, 0.1) is 6.92 Å². The van der Waals surface area contributed by atoms with Crippen LogP contribution in [-0.4, -0.2) is 12.9 Å². The molecule has 0 aliphatic heterocycles. The molecule has 0 radical (unpaired) electrons. The fourth-order valence-corrected chi connectivity index (χ4v) is 1.61.